The SMILES string of the molecule is C=C(N/C=C(\C)c1nc2cc(C(=O)N3CCOCC3)ccc2n1CC(C)=O)c1ccccc1. The van der Waals surface area contributed by atoms with Crippen LogP contribution in [0.3, 0.4) is 0 Å². The fraction of sp³-hybridized carbons (Fsp3) is 0.269. The summed E-state index contributed by atoms with van der Waals surface area (Å²) in [5.74, 6) is 0.666. The van der Waals surface area contributed by atoms with Crippen LogP contribution in [0.2, 0.25) is 0 Å². The van der Waals surface area contributed by atoms with Gasteiger partial charge in [-0.3, -0.25) is 9.59 Å². The van der Waals surface area contributed by atoms with Crippen LogP contribution >= 0.6 is 0 Å². The molecule has 0 spiro atoms. The van der Waals surface area contributed by atoms with Crippen LogP contribution < -0.4 is 5.32 Å². The minimum Gasteiger partial charge on any atom is -0.378 e. The molecule has 1 amide bonds. The van der Waals surface area contributed by atoms with Crippen LogP contribution in [-0.4, -0.2) is 52.4 Å². The van der Waals surface area contributed by atoms with Crippen molar-refractivity contribution in [2.24, 2.45) is 0 Å². The first-order chi connectivity index (χ1) is 15.9. The van der Waals surface area contributed by atoms with Gasteiger partial charge in [0.25, 0.3) is 5.91 Å². The Kier molecular flexibility index (Phi) is 6.70. The average Bonchev–Trinajstić information content (AvgIpc) is 3.20. The molecule has 1 fully saturated rings. The molecule has 7 nitrogen and oxygen atoms in total. The molecule has 0 unspecified atom stereocenters. The molecular formula is C26H28N4O3. The molecule has 0 radical (unpaired) electrons. The number of allylic oxidation sites excluding steroid dienone is 1. The number of imidazole rings is 1. The number of carbonyl (C=O) groups is 2. The Balaban J connectivity index is 1.65. The summed E-state index contributed by atoms with van der Waals surface area (Å²) in [6.07, 6.45) is 1.84. The van der Waals surface area contributed by atoms with Gasteiger partial charge >= 0.3 is 0 Å². The zero-order valence-corrected chi connectivity index (χ0v) is 19.0. The Morgan fingerprint density at radius 2 is 1.82 bits per heavy atom. The van der Waals surface area contributed by atoms with E-state index in [0.717, 1.165) is 22.4 Å². The number of carbonyl (C=O) groups excluding carboxylic acids is 2. The van der Waals surface area contributed by atoms with E-state index in [0.29, 0.717) is 43.2 Å². The molecular weight excluding hydrogens is 416 g/mol. The van der Waals surface area contributed by atoms with E-state index in [4.69, 9.17) is 9.72 Å². The molecule has 1 aliphatic rings. The number of hydrogen-bond donors (Lipinski definition) is 1. The maximum atomic E-state index is 12.9. The van der Waals surface area contributed by atoms with Gasteiger partial charge in [0.1, 0.15) is 11.6 Å². The molecule has 7 heteroatoms. The Bertz CT molecular complexity index is 1220. The second kappa shape index (κ2) is 9.83. The van der Waals surface area contributed by atoms with E-state index < -0.39 is 0 Å². The van der Waals surface area contributed by atoms with Gasteiger partial charge in [-0.05, 0) is 37.6 Å². The number of amides is 1. The highest BCUT2D eigenvalue weighted by molar-refractivity contribution is 5.98. The summed E-state index contributed by atoms with van der Waals surface area (Å²) < 4.78 is 7.23. The first-order valence-electron chi connectivity index (χ1n) is 11.0. The molecule has 2 heterocycles. The Morgan fingerprint density at radius 1 is 1.09 bits per heavy atom. The van der Waals surface area contributed by atoms with E-state index >= 15 is 0 Å². The van der Waals surface area contributed by atoms with Gasteiger partial charge in [0.15, 0.2) is 0 Å². The van der Waals surface area contributed by atoms with E-state index in [2.05, 4.69) is 11.9 Å². The first kappa shape index (κ1) is 22.5. The maximum absolute atomic E-state index is 12.9. The van der Waals surface area contributed by atoms with Crippen LogP contribution in [0.1, 0.15) is 35.6 Å². The summed E-state index contributed by atoms with van der Waals surface area (Å²) in [5.41, 5.74) is 4.69. The Morgan fingerprint density at radius 3 is 2.52 bits per heavy atom. The summed E-state index contributed by atoms with van der Waals surface area (Å²) in [5, 5.41) is 3.23. The lowest BCUT2D eigenvalue weighted by atomic mass is 10.1. The van der Waals surface area contributed by atoms with Crippen molar-refractivity contribution in [2.75, 3.05) is 26.3 Å². The van der Waals surface area contributed by atoms with E-state index in [1.54, 1.807) is 24.0 Å². The van der Waals surface area contributed by atoms with Crippen LogP contribution in [0.5, 0.6) is 0 Å². The second-order valence-electron chi connectivity index (χ2n) is 8.15. The number of benzene rings is 2. The molecule has 1 aromatic heterocycles. The number of Topliss-reactive ketones (excluding diaryl/α,β-unsaturated/α-hetero) is 1. The predicted molar refractivity (Wildman–Crippen MR) is 129 cm³/mol. The van der Waals surface area contributed by atoms with Gasteiger partial charge in [0.2, 0.25) is 0 Å². The highest BCUT2D eigenvalue weighted by Gasteiger charge is 2.20. The number of ether oxygens (including phenoxy) is 1. The van der Waals surface area contributed by atoms with E-state index in [1.807, 2.05) is 54.1 Å². The number of aromatic nitrogens is 2. The molecule has 0 saturated carbocycles. The lowest BCUT2D eigenvalue weighted by Crippen LogP contribution is -2.40. The van der Waals surface area contributed by atoms with Crippen molar-refractivity contribution in [3.8, 4) is 0 Å². The molecule has 1 aliphatic heterocycles. The summed E-state index contributed by atoms with van der Waals surface area (Å²) in [7, 11) is 0. The number of fused-ring (bicyclic) bond motifs is 1. The zero-order chi connectivity index (χ0) is 23.4. The lowest BCUT2D eigenvalue weighted by Gasteiger charge is -2.26. The summed E-state index contributed by atoms with van der Waals surface area (Å²) in [6.45, 7) is 10.1. The highest BCUT2D eigenvalue weighted by Crippen LogP contribution is 2.24. The fourth-order valence-electron chi connectivity index (χ4n) is 3.88. The monoisotopic (exact) mass is 444 g/mol. The van der Waals surface area contributed by atoms with Gasteiger partial charge in [-0.1, -0.05) is 36.9 Å². The minimum atomic E-state index is -0.0315. The van der Waals surface area contributed by atoms with Crippen LogP contribution in [0.25, 0.3) is 22.3 Å². The van der Waals surface area contributed by atoms with Gasteiger partial charge in [0.05, 0.1) is 30.8 Å². The quantitative estimate of drug-likeness (QED) is 0.601. The zero-order valence-electron chi connectivity index (χ0n) is 19.0. The first-order valence-corrected chi connectivity index (χ1v) is 11.0. The smallest absolute Gasteiger partial charge is 0.254 e. The fourth-order valence-corrected chi connectivity index (χ4v) is 3.88. The van der Waals surface area contributed by atoms with Crippen molar-refractivity contribution in [2.45, 2.75) is 20.4 Å². The van der Waals surface area contributed by atoms with Crippen molar-refractivity contribution < 1.29 is 14.3 Å². The molecule has 1 saturated heterocycles. The van der Waals surface area contributed by atoms with Crippen LogP contribution in [-0.2, 0) is 16.1 Å². The molecule has 4 rings (SSSR count). The maximum Gasteiger partial charge on any atom is 0.254 e. The summed E-state index contributed by atoms with van der Waals surface area (Å²) in [4.78, 5) is 31.5. The third-order valence-corrected chi connectivity index (χ3v) is 5.61. The summed E-state index contributed by atoms with van der Waals surface area (Å²) >= 11 is 0. The van der Waals surface area contributed by atoms with E-state index in [9.17, 15) is 9.59 Å². The van der Waals surface area contributed by atoms with Gasteiger partial charge in [-0.25, -0.2) is 4.98 Å². The van der Waals surface area contributed by atoms with Crippen molar-refractivity contribution in [3.05, 3.63) is 78.3 Å². The minimum absolute atomic E-state index is 0.0264. The third kappa shape index (κ3) is 5.04. The van der Waals surface area contributed by atoms with Crippen molar-refractivity contribution in [1.82, 2.24) is 19.8 Å². The third-order valence-electron chi connectivity index (χ3n) is 5.61. The van der Waals surface area contributed by atoms with Crippen LogP contribution in [0.4, 0.5) is 0 Å². The number of morpholine rings is 1. The second-order valence-corrected chi connectivity index (χ2v) is 8.15. The average molecular weight is 445 g/mol. The van der Waals surface area contributed by atoms with Crippen molar-refractivity contribution in [3.63, 3.8) is 0 Å². The van der Waals surface area contributed by atoms with Gasteiger partial charge in [-0.2, -0.15) is 0 Å². The van der Waals surface area contributed by atoms with Gasteiger partial charge in [0, 0.05) is 36.1 Å². The molecule has 0 atom stereocenters. The summed E-state index contributed by atoms with van der Waals surface area (Å²) in [6, 6.07) is 15.3. The van der Waals surface area contributed by atoms with Gasteiger partial charge in [-0.15, -0.1) is 0 Å². The van der Waals surface area contributed by atoms with Crippen molar-refractivity contribution >= 4 is 34.0 Å². The molecule has 1 N–H and O–H groups in total. The Hall–Kier alpha value is -3.71. The lowest BCUT2D eigenvalue weighted by molar-refractivity contribution is -0.117. The number of ketones is 1. The molecule has 33 heavy (non-hydrogen) atoms. The number of nitrogens with zero attached hydrogens (tertiary/aromatic N) is 3. The standard InChI is InChI=1S/C26H28N4O3/c1-18(16-27-20(3)21-7-5-4-6-8-21)25-28-23-15-22(26(32)29-11-13-33-14-12-29)9-10-24(23)30(25)17-19(2)31/h4-10,15-16,27H,3,11-14,17H2,1-2H3/b18-16+. The highest BCUT2D eigenvalue weighted by atomic mass is 16.5. The van der Waals surface area contributed by atoms with Gasteiger partial charge < -0.3 is 19.5 Å². The molecule has 2 aromatic carbocycles. The van der Waals surface area contributed by atoms with Crippen LogP contribution in [0.15, 0.2) is 61.3 Å². The van der Waals surface area contributed by atoms with E-state index in [1.165, 1.54) is 0 Å². The number of rotatable bonds is 7. The topological polar surface area (TPSA) is 76.5 Å². The van der Waals surface area contributed by atoms with Crippen LogP contribution in [0, 0.1) is 0 Å². The molecule has 170 valence electrons. The predicted octanol–water partition coefficient (Wildman–Crippen LogP) is 3.72. The molecule has 3 aromatic rings. The molecule has 0 aliphatic carbocycles. The van der Waals surface area contributed by atoms with E-state index in [-0.39, 0.29) is 18.2 Å². The Labute approximate surface area is 193 Å². The largest absolute Gasteiger partial charge is 0.378 e. The molecule has 0 bridgehead atoms. The normalized spacial score (nSPS) is 14.4. The number of nitrogens with one attached hydrogen (secondary N) is 1. The number of hydrogen-bond acceptors (Lipinski definition) is 5. The van der Waals surface area contributed by atoms with Crippen molar-refractivity contribution in [1.29, 1.82) is 0 Å².